The van der Waals surface area contributed by atoms with E-state index < -0.39 is 6.04 Å². The molecule has 6 rings (SSSR count). The zero-order valence-corrected chi connectivity index (χ0v) is 20.9. The highest BCUT2D eigenvalue weighted by atomic mass is 32.1. The Balaban J connectivity index is 1.26. The van der Waals surface area contributed by atoms with Crippen LogP contribution in [0.1, 0.15) is 40.7 Å². The van der Waals surface area contributed by atoms with Crippen molar-refractivity contribution in [2.45, 2.75) is 45.2 Å². The first kappa shape index (κ1) is 22.6. The lowest BCUT2D eigenvalue weighted by molar-refractivity contribution is -0.122. The molecule has 6 nitrogen and oxygen atoms in total. The maximum absolute atomic E-state index is 13.5. The summed E-state index contributed by atoms with van der Waals surface area (Å²) in [6.45, 7) is 3.99. The molecule has 3 aromatic carbocycles. The summed E-state index contributed by atoms with van der Waals surface area (Å²) in [7, 11) is 0. The molecule has 1 saturated heterocycles. The number of carbonyl (C=O) groups excluding carboxylic acids is 3. The van der Waals surface area contributed by atoms with Gasteiger partial charge in [0.05, 0.1) is 22.3 Å². The number of hydrogen-bond donors (Lipinski definition) is 0. The number of benzene rings is 3. The Bertz CT molecular complexity index is 1520. The molecule has 1 aliphatic carbocycles. The normalized spacial score (nSPS) is 17.7. The predicted molar refractivity (Wildman–Crippen MR) is 141 cm³/mol. The van der Waals surface area contributed by atoms with Gasteiger partial charge in [0.15, 0.2) is 0 Å². The number of anilines is 1. The van der Waals surface area contributed by atoms with Crippen molar-refractivity contribution in [3.05, 3.63) is 83.4 Å². The highest BCUT2D eigenvalue weighted by Gasteiger charge is 2.48. The van der Waals surface area contributed by atoms with Gasteiger partial charge in [-0.2, -0.15) is 0 Å². The lowest BCUT2D eigenvalue weighted by Gasteiger charge is -2.28. The van der Waals surface area contributed by atoms with Gasteiger partial charge in [0.2, 0.25) is 5.91 Å². The third-order valence-electron chi connectivity index (χ3n) is 6.81. The second-order valence-electron chi connectivity index (χ2n) is 9.64. The van der Waals surface area contributed by atoms with Crippen LogP contribution in [-0.2, 0) is 9.59 Å². The number of imide groups is 1. The molecule has 0 radical (unpaired) electrons. The summed E-state index contributed by atoms with van der Waals surface area (Å²) >= 11 is 1.62. The minimum absolute atomic E-state index is 0.00441. The van der Waals surface area contributed by atoms with E-state index in [9.17, 15) is 14.4 Å². The van der Waals surface area contributed by atoms with Crippen molar-refractivity contribution in [2.75, 3.05) is 4.90 Å². The van der Waals surface area contributed by atoms with Gasteiger partial charge in [0, 0.05) is 17.2 Å². The van der Waals surface area contributed by atoms with Gasteiger partial charge in [-0.1, -0.05) is 23.8 Å². The Morgan fingerprint density at radius 2 is 1.72 bits per heavy atom. The first-order valence-corrected chi connectivity index (χ1v) is 12.9. The van der Waals surface area contributed by atoms with E-state index in [1.807, 2.05) is 49.4 Å². The van der Waals surface area contributed by atoms with E-state index in [-0.39, 0.29) is 30.2 Å². The monoisotopic (exact) mass is 495 g/mol. The van der Waals surface area contributed by atoms with Crippen LogP contribution in [0.3, 0.4) is 0 Å². The van der Waals surface area contributed by atoms with Gasteiger partial charge >= 0.3 is 0 Å². The van der Waals surface area contributed by atoms with Crippen molar-refractivity contribution < 1.29 is 14.4 Å². The second kappa shape index (κ2) is 8.68. The third-order valence-corrected chi connectivity index (χ3v) is 7.88. The van der Waals surface area contributed by atoms with Gasteiger partial charge < -0.3 is 4.90 Å². The van der Waals surface area contributed by atoms with Crippen LogP contribution in [-0.4, -0.2) is 39.7 Å². The minimum Gasteiger partial charge on any atom is -0.323 e. The molecule has 1 unspecified atom stereocenters. The molecular weight excluding hydrogens is 470 g/mol. The molecule has 2 heterocycles. The van der Waals surface area contributed by atoms with Crippen LogP contribution in [0.15, 0.2) is 66.7 Å². The molecular formula is C29H25N3O3S. The van der Waals surface area contributed by atoms with Crippen molar-refractivity contribution in [1.29, 1.82) is 0 Å². The number of amides is 3. The van der Waals surface area contributed by atoms with Crippen molar-refractivity contribution in [1.82, 2.24) is 9.88 Å². The van der Waals surface area contributed by atoms with Gasteiger partial charge in [0.25, 0.3) is 11.8 Å². The number of aromatic nitrogens is 1. The zero-order valence-electron chi connectivity index (χ0n) is 20.1. The molecule has 36 heavy (non-hydrogen) atoms. The first-order valence-electron chi connectivity index (χ1n) is 12.1. The van der Waals surface area contributed by atoms with Gasteiger partial charge in [0.1, 0.15) is 11.0 Å². The smallest absolute Gasteiger partial charge is 0.257 e. The molecule has 0 spiro atoms. The van der Waals surface area contributed by atoms with E-state index >= 15 is 0 Å². The van der Waals surface area contributed by atoms with Gasteiger partial charge in [-0.3, -0.25) is 14.4 Å². The summed E-state index contributed by atoms with van der Waals surface area (Å²) in [6.07, 6.45) is 1.71. The fourth-order valence-electron chi connectivity index (χ4n) is 4.85. The lowest BCUT2D eigenvalue weighted by Crippen LogP contribution is -2.46. The van der Waals surface area contributed by atoms with Crippen molar-refractivity contribution in [3.63, 3.8) is 0 Å². The third kappa shape index (κ3) is 3.99. The molecule has 7 heteroatoms. The number of rotatable bonds is 5. The molecule has 1 aromatic heterocycles. The van der Waals surface area contributed by atoms with E-state index in [1.165, 1.54) is 10.5 Å². The number of aryl methyl sites for hydroxylation is 2. The summed E-state index contributed by atoms with van der Waals surface area (Å²) in [5.41, 5.74) is 5.13. The average molecular weight is 496 g/mol. The van der Waals surface area contributed by atoms with E-state index in [1.54, 1.807) is 34.4 Å². The summed E-state index contributed by atoms with van der Waals surface area (Å²) in [6, 6.07) is 20.2. The first-order chi connectivity index (χ1) is 17.4. The molecule has 2 fully saturated rings. The number of fused-ring (bicyclic) bond motifs is 1. The van der Waals surface area contributed by atoms with Crippen LogP contribution in [0, 0.1) is 13.8 Å². The Hall–Kier alpha value is -3.84. The second-order valence-corrected chi connectivity index (χ2v) is 10.7. The van der Waals surface area contributed by atoms with Crippen LogP contribution in [0.2, 0.25) is 0 Å². The fraction of sp³-hybridized carbons (Fsp3) is 0.241. The number of nitrogens with zero attached hydrogens (tertiary/aromatic N) is 3. The van der Waals surface area contributed by atoms with E-state index in [2.05, 4.69) is 13.0 Å². The quantitative estimate of drug-likeness (QED) is 0.342. The Labute approximate surface area is 213 Å². The summed E-state index contributed by atoms with van der Waals surface area (Å²) in [5, 5.41) is 0.891. The van der Waals surface area contributed by atoms with Crippen LogP contribution >= 0.6 is 11.3 Å². The van der Waals surface area contributed by atoms with Gasteiger partial charge in [-0.05, 0) is 80.8 Å². The minimum atomic E-state index is -0.773. The van der Waals surface area contributed by atoms with Crippen LogP contribution < -0.4 is 4.90 Å². The van der Waals surface area contributed by atoms with Gasteiger partial charge in [-0.25, -0.2) is 9.88 Å². The molecule has 2 aliphatic rings. The van der Waals surface area contributed by atoms with Crippen molar-refractivity contribution >= 4 is 45.0 Å². The molecule has 0 bridgehead atoms. The molecule has 4 aromatic rings. The fourth-order valence-corrected chi connectivity index (χ4v) is 5.92. The largest absolute Gasteiger partial charge is 0.323 e. The highest BCUT2D eigenvalue weighted by Crippen LogP contribution is 2.36. The number of thiazole rings is 1. The topological polar surface area (TPSA) is 70.6 Å². The van der Waals surface area contributed by atoms with E-state index in [0.29, 0.717) is 11.3 Å². The van der Waals surface area contributed by atoms with Crippen molar-refractivity contribution in [2.24, 2.45) is 0 Å². The zero-order chi connectivity index (χ0) is 25.0. The molecule has 180 valence electrons. The predicted octanol–water partition coefficient (Wildman–Crippen LogP) is 5.52. The van der Waals surface area contributed by atoms with E-state index in [0.717, 1.165) is 39.2 Å². The van der Waals surface area contributed by atoms with Crippen molar-refractivity contribution in [3.8, 4) is 10.6 Å². The molecule has 0 N–H and O–H groups in total. The van der Waals surface area contributed by atoms with E-state index in [4.69, 9.17) is 4.98 Å². The number of carbonyl (C=O) groups is 3. The summed E-state index contributed by atoms with van der Waals surface area (Å²) < 4.78 is 1.13. The number of hydrogen-bond acceptors (Lipinski definition) is 5. The molecule has 1 atom stereocenters. The van der Waals surface area contributed by atoms with Gasteiger partial charge in [-0.15, -0.1) is 11.3 Å². The Morgan fingerprint density at radius 1 is 0.972 bits per heavy atom. The maximum Gasteiger partial charge on any atom is 0.257 e. The highest BCUT2D eigenvalue weighted by molar-refractivity contribution is 7.21. The molecule has 3 amide bonds. The van der Waals surface area contributed by atoms with Crippen LogP contribution in [0.5, 0.6) is 0 Å². The SMILES string of the molecule is Cc1cccc(C(=O)N(C2CC2)C2CC(=O)N(c3ccc(-c4nc5ccc(C)cc5s4)cc3)C2=O)c1. The average Bonchev–Trinajstić information content (AvgIpc) is 3.54. The lowest BCUT2D eigenvalue weighted by atomic mass is 10.1. The Morgan fingerprint density at radius 3 is 2.44 bits per heavy atom. The standard InChI is InChI=1S/C29H25N3O3S/c1-17-4-3-5-20(14-17)28(34)31(21-11-12-21)24-16-26(33)32(29(24)35)22-9-7-19(8-10-22)27-30-23-13-6-18(2)15-25(23)36-27/h3-10,13-15,21,24H,11-12,16H2,1-2H3. The molecule has 1 aliphatic heterocycles. The summed E-state index contributed by atoms with van der Waals surface area (Å²) in [5.74, 6) is -0.803. The van der Waals surface area contributed by atoms with Crippen LogP contribution in [0.4, 0.5) is 5.69 Å². The Kier molecular flexibility index (Phi) is 5.45. The molecule has 1 saturated carbocycles. The van der Waals surface area contributed by atoms with Crippen LogP contribution in [0.25, 0.3) is 20.8 Å². The maximum atomic E-state index is 13.5. The summed E-state index contributed by atoms with van der Waals surface area (Å²) in [4.78, 5) is 47.5.